The van der Waals surface area contributed by atoms with Crippen LogP contribution in [0.2, 0.25) is 0 Å². The zero-order valence-corrected chi connectivity index (χ0v) is 8.69. The van der Waals surface area contributed by atoms with Crippen LogP contribution >= 0.6 is 0 Å². The average Bonchev–Trinajstić information content (AvgIpc) is 2.15. The van der Waals surface area contributed by atoms with E-state index in [1.54, 1.807) is 6.07 Å². The van der Waals surface area contributed by atoms with Crippen LogP contribution in [0.1, 0.15) is 0 Å². The van der Waals surface area contributed by atoms with E-state index in [9.17, 15) is 18.0 Å². The minimum absolute atomic E-state index is 0. The number of rotatable bonds is 1. The van der Waals surface area contributed by atoms with E-state index >= 15 is 0 Å². The molecule has 0 radical (unpaired) electrons. The van der Waals surface area contributed by atoms with Gasteiger partial charge in [0.25, 0.3) is 0 Å². The fourth-order valence-electron chi connectivity index (χ4n) is 0.807. The summed E-state index contributed by atoms with van der Waals surface area (Å²) in [5.74, 6) is -2.32. The van der Waals surface area contributed by atoms with Crippen molar-refractivity contribution in [3.05, 3.63) is 30.3 Å². The van der Waals surface area contributed by atoms with Gasteiger partial charge in [-0.15, -0.1) is 0 Å². The van der Waals surface area contributed by atoms with Crippen molar-refractivity contribution in [1.82, 2.24) is 0 Å². The number of carbonyl (C=O) groups is 1. The molecule has 0 unspecified atom stereocenters. The predicted molar refractivity (Wildman–Crippen MR) is 41.8 cm³/mol. The number of hydrogen-bond donors (Lipinski definition) is 1. The maximum atomic E-state index is 11.8. The molecule has 0 aromatic heterocycles. The van der Waals surface area contributed by atoms with E-state index in [0.29, 0.717) is 0 Å². The predicted octanol–water partition coefficient (Wildman–Crippen LogP) is 1.97. The van der Waals surface area contributed by atoms with Crippen LogP contribution in [0.15, 0.2) is 30.3 Å². The molecule has 0 heterocycles. The molecule has 0 atom stereocenters. The Kier molecular flexibility index (Phi) is 4.94. The normalized spacial score (nSPS) is 10.4. The number of hydroxylamine groups is 1. The first-order valence-electron chi connectivity index (χ1n) is 3.58. The average molecular weight is 312 g/mol. The SMILES string of the molecule is O=C(N(O)c1ccccc1)C(F)(F)F.[Pd]. The molecule has 0 saturated carbocycles. The van der Waals surface area contributed by atoms with E-state index in [4.69, 9.17) is 5.21 Å². The van der Waals surface area contributed by atoms with Gasteiger partial charge in [0.1, 0.15) is 0 Å². The first kappa shape index (κ1) is 14.1. The molecular weight excluding hydrogens is 306 g/mol. The van der Waals surface area contributed by atoms with Gasteiger partial charge in [0.15, 0.2) is 0 Å². The first-order chi connectivity index (χ1) is 6.43. The molecule has 1 amide bonds. The minimum Gasteiger partial charge on any atom is -0.281 e. The van der Waals surface area contributed by atoms with Crippen molar-refractivity contribution in [3.8, 4) is 0 Å². The largest absolute Gasteiger partial charge is 0.473 e. The summed E-state index contributed by atoms with van der Waals surface area (Å²) >= 11 is 0. The van der Waals surface area contributed by atoms with Gasteiger partial charge in [-0.1, -0.05) is 18.2 Å². The maximum absolute atomic E-state index is 11.8. The number of anilines is 1. The molecule has 0 aliphatic rings. The Balaban J connectivity index is 0.00000196. The molecule has 0 spiro atoms. The number of benzene rings is 1. The molecule has 3 nitrogen and oxygen atoms in total. The molecule has 0 aliphatic carbocycles. The van der Waals surface area contributed by atoms with Gasteiger partial charge in [0.2, 0.25) is 0 Å². The quantitative estimate of drug-likeness (QED) is 0.489. The van der Waals surface area contributed by atoms with Crippen LogP contribution in [0.5, 0.6) is 0 Å². The smallest absolute Gasteiger partial charge is 0.281 e. The summed E-state index contributed by atoms with van der Waals surface area (Å²) in [6, 6.07) is 6.73. The van der Waals surface area contributed by atoms with Crippen LogP contribution in [0.3, 0.4) is 0 Å². The number of nitrogens with zero attached hydrogens (tertiary/aromatic N) is 1. The van der Waals surface area contributed by atoms with E-state index in [2.05, 4.69) is 0 Å². The summed E-state index contributed by atoms with van der Waals surface area (Å²) < 4.78 is 35.5. The summed E-state index contributed by atoms with van der Waals surface area (Å²) in [5, 5.41) is 8.46. The van der Waals surface area contributed by atoms with E-state index in [0.717, 1.165) is 0 Å². The van der Waals surface area contributed by atoms with Gasteiger partial charge in [-0.2, -0.15) is 18.2 Å². The molecule has 7 heteroatoms. The zero-order chi connectivity index (χ0) is 10.8. The second-order valence-corrected chi connectivity index (χ2v) is 2.45. The van der Waals surface area contributed by atoms with Crippen LogP contribution < -0.4 is 5.06 Å². The maximum Gasteiger partial charge on any atom is 0.473 e. The van der Waals surface area contributed by atoms with Crippen molar-refractivity contribution < 1.29 is 43.6 Å². The molecule has 1 rings (SSSR count). The summed E-state index contributed by atoms with van der Waals surface area (Å²) in [7, 11) is 0. The van der Waals surface area contributed by atoms with E-state index in [-0.39, 0.29) is 26.1 Å². The van der Waals surface area contributed by atoms with Gasteiger partial charge in [-0.25, -0.2) is 0 Å². The minimum atomic E-state index is -5.08. The van der Waals surface area contributed by atoms with E-state index in [1.807, 2.05) is 0 Å². The van der Waals surface area contributed by atoms with Crippen molar-refractivity contribution >= 4 is 11.6 Å². The molecule has 86 valence electrons. The van der Waals surface area contributed by atoms with Crippen LogP contribution in [-0.2, 0) is 25.2 Å². The van der Waals surface area contributed by atoms with Gasteiger partial charge in [-0.05, 0) is 12.1 Å². The fourth-order valence-corrected chi connectivity index (χ4v) is 0.807. The molecule has 15 heavy (non-hydrogen) atoms. The van der Waals surface area contributed by atoms with Crippen molar-refractivity contribution in [2.45, 2.75) is 6.18 Å². The van der Waals surface area contributed by atoms with Gasteiger partial charge in [0, 0.05) is 20.4 Å². The Labute approximate surface area is 97.1 Å². The number of para-hydroxylation sites is 1. The second-order valence-electron chi connectivity index (χ2n) is 2.45. The Morgan fingerprint density at radius 3 is 2.07 bits per heavy atom. The molecule has 0 aliphatic heterocycles. The molecular formula is C8H6F3NO2Pd. The molecule has 1 N–H and O–H groups in total. The van der Waals surface area contributed by atoms with Gasteiger partial charge >= 0.3 is 12.1 Å². The van der Waals surface area contributed by atoms with E-state index in [1.165, 1.54) is 24.3 Å². The second kappa shape index (κ2) is 5.26. The Morgan fingerprint density at radius 2 is 1.67 bits per heavy atom. The third-order valence-corrected chi connectivity index (χ3v) is 1.44. The van der Waals surface area contributed by atoms with E-state index < -0.39 is 17.1 Å². The summed E-state index contributed by atoms with van der Waals surface area (Å²) in [6.45, 7) is 0. The summed E-state index contributed by atoms with van der Waals surface area (Å²) in [6.07, 6.45) is -5.08. The summed E-state index contributed by atoms with van der Waals surface area (Å²) in [4.78, 5) is 10.5. The molecule has 0 fully saturated rings. The molecule has 1 aromatic carbocycles. The first-order valence-corrected chi connectivity index (χ1v) is 3.58. The third kappa shape index (κ3) is 3.63. The number of carbonyl (C=O) groups excluding carboxylic acids is 1. The van der Waals surface area contributed by atoms with Crippen LogP contribution in [0.25, 0.3) is 0 Å². The Hall–Kier alpha value is -0.898. The van der Waals surface area contributed by atoms with Crippen molar-refractivity contribution in [2.75, 3.05) is 5.06 Å². The third-order valence-electron chi connectivity index (χ3n) is 1.44. The van der Waals surface area contributed by atoms with Gasteiger partial charge in [-0.3, -0.25) is 10.0 Å². The molecule has 0 bridgehead atoms. The summed E-state index contributed by atoms with van der Waals surface area (Å²) in [5.41, 5.74) is -0.227. The van der Waals surface area contributed by atoms with Gasteiger partial charge in [0.05, 0.1) is 5.69 Å². The topological polar surface area (TPSA) is 40.5 Å². The molecule has 0 saturated heterocycles. The monoisotopic (exact) mass is 311 g/mol. The van der Waals surface area contributed by atoms with Crippen LogP contribution in [-0.4, -0.2) is 17.3 Å². The van der Waals surface area contributed by atoms with Gasteiger partial charge < -0.3 is 0 Å². The number of halogens is 3. The molecule has 1 aromatic rings. The zero-order valence-electron chi connectivity index (χ0n) is 7.14. The van der Waals surface area contributed by atoms with Crippen molar-refractivity contribution in [3.63, 3.8) is 0 Å². The Morgan fingerprint density at radius 1 is 1.20 bits per heavy atom. The van der Waals surface area contributed by atoms with Crippen molar-refractivity contribution in [2.24, 2.45) is 0 Å². The van der Waals surface area contributed by atoms with Crippen molar-refractivity contribution in [1.29, 1.82) is 0 Å². The number of amides is 1. The Bertz CT molecular complexity index is 328. The van der Waals surface area contributed by atoms with Crippen LogP contribution in [0, 0.1) is 0 Å². The number of hydrogen-bond acceptors (Lipinski definition) is 2. The standard InChI is InChI=1S/C8H6F3NO2.Pd/c9-8(10,11)7(13)12(14)6-4-2-1-3-5-6;/h1-5,14H;. The number of alkyl halides is 3. The fraction of sp³-hybridized carbons (Fsp3) is 0.125. The van der Waals surface area contributed by atoms with Crippen LogP contribution in [0.4, 0.5) is 18.9 Å².